The monoisotopic (exact) mass is 554 g/mol. The normalized spacial score (nSPS) is 20.9. The summed E-state index contributed by atoms with van der Waals surface area (Å²) in [4.78, 5) is 41.1. The number of anilines is 4. The highest BCUT2D eigenvalue weighted by molar-refractivity contribution is 6.09. The van der Waals surface area contributed by atoms with Gasteiger partial charge < -0.3 is 25.1 Å². The number of carbonyl (C=O) groups excluding carboxylic acids is 2. The molecule has 1 aromatic heterocycles. The van der Waals surface area contributed by atoms with Crippen molar-refractivity contribution in [3.63, 3.8) is 0 Å². The molecule has 1 saturated carbocycles. The molecular weight excluding hydrogens is 518 g/mol. The molecule has 11 heteroatoms. The number of nitrogens with one attached hydrogen (secondary N) is 1. The molecule has 6 rings (SSSR count). The van der Waals surface area contributed by atoms with Gasteiger partial charge in [-0.25, -0.2) is 13.8 Å². The summed E-state index contributed by atoms with van der Waals surface area (Å²) >= 11 is 0. The van der Waals surface area contributed by atoms with Crippen molar-refractivity contribution in [2.75, 3.05) is 59.3 Å². The molecule has 4 heterocycles. The summed E-state index contributed by atoms with van der Waals surface area (Å²) in [6.07, 6.45) is 4.90. The summed E-state index contributed by atoms with van der Waals surface area (Å²) in [5.41, 5.74) is 4.14. The third-order valence-corrected chi connectivity index (χ3v) is 8.95. The molecule has 1 aromatic carbocycles. The van der Waals surface area contributed by atoms with Gasteiger partial charge in [-0.1, -0.05) is 0 Å². The minimum absolute atomic E-state index is 0.0628. The zero-order chi connectivity index (χ0) is 28.1. The number of nitrogens with zero attached hydrogens (tertiary/aromatic N) is 5. The minimum Gasteiger partial charge on any atom is -0.396 e. The average molecular weight is 555 g/mol. The van der Waals surface area contributed by atoms with Gasteiger partial charge in [-0.15, -0.1) is 0 Å². The first-order chi connectivity index (χ1) is 19.2. The van der Waals surface area contributed by atoms with E-state index in [9.17, 15) is 23.5 Å². The highest BCUT2D eigenvalue weighted by Crippen LogP contribution is 2.54. The molecule has 3 fully saturated rings. The van der Waals surface area contributed by atoms with Gasteiger partial charge in [0.1, 0.15) is 5.82 Å². The molecule has 2 amide bonds. The second-order valence-electron chi connectivity index (χ2n) is 11.7. The van der Waals surface area contributed by atoms with Crippen molar-refractivity contribution in [2.45, 2.75) is 64.2 Å². The summed E-state index contributed by atoms with van der Waals surface area (Å²) < 4.78 is 27.4. The Morgan fingerprint density at radius 1 is 0.925 bits per heavy atom. The zero-order valence-corrected chi connectivity index (χ0v) is 22.9. The molecule has 0 unspecified atom stereocenters. The average Bonchev–Trinajstić information content (AvgIpc) is 3.53. The van der Waals surface area contributed by atoms with Crippen molar-refractivity contribution in [2.24, 2.45) is 5.41 Å². The van der Waals surface area contributed by atoms with Crippen LogP contribution in [0.15, 0.2) is 18.2 Å². The number of piperidine rings is 2. The van der Waals surface area contributed by atoms with Crippen LogP contribution in [0.1, 0.15) is 66.6 Å². The van der Waals surface area contributed by atoms with Gasteiger partial charge >= 0.3 is 0 Å². The number of benzene rings is 1. The molecule has 214 valence electrons. The summed E-state index contributed by atoms with van der Waals surface area (Å²) in [5, 5.41) is 12.2. The van der Waals surface area contributed by atoms with E-state index in [2.05, 4.69) is 20.2 Å². The summed E-state index contributed by atoms with van der Waals surface area (Å²) in [6, 6.07) is 5.53. The number of aliphatic hydroxyl groups excluding tert-OH is 1. The van der Waals surface area contributed by atoms with E-state index in [4.69, 9.17) is 0 Å². The standard InChI is InChI=1S/C29H36F2N6O3/c1-19-16-24(34-27(32-19)36-13-8-29(30,31)9-14-36)33-26(40)21-17-20-2-10-37(25(39)3-15-38)22(20)18-23(21)35-11-6-28(4-5-28)7-12-35/h16-18,38H,2-15H2,1H3,(H,32,33,34,40). The minimum atomic E-state index is -2.67. The van der Waals surface area contributed by atoms with E-state index in [0.29, 0.717) is 41.4 Å². The van der Waals surface area contributed by atoms with Crippen LogP contribution in [0.25, 0.3) is 0 Å². The van der Waals surface area contributed by atoms with E-state index >= 15 is 0 Å². The topological polar surface area (TPSA) is 102 Å². The smallest absolute Gasteiger partial charge is 0.258 e. The fraction of sp³-hybridized carbons (Fsp3) is 0.586. The van der Waals surface area contributed by atoms with Crippen LogP contribution in [0.2, 0.25) is 0 Å². The van der Waals surface area contributed by atoms with E-state index in [1.165, 1.54) is 12.8 Å². The quantitative estimate of drug-likeness (QED) is 0.558. The van der Waals surface area contributed by atoms with Crippen molar-refractivity contribution in [3.05, 3.63) is 35.0 Å². The van der Waals surface area contributed by atoms with E-state index in [1.807, 2.05) is 12.1 Å². The largest absolute Gasteiger partial charge is 0.396 e. The SMILES string of the molecule is Cc1cc(NC(=O)c2cc3c(cc2N2CCC4(CC2)CC4)N(C(=O)CCO)CC3)nc(N2CCC(F)(F)CC2)n1. The maximum atomic E-state index is 13.8. The molecular formula is C29H36F2N6O3. The molecule has 1 aliphatic carbocycles. The number of aliphatic hydroxyl groups is 1. The predicted octanol–water partition coefficient (Wildman–Crippen LogP) is 3.92. The number of halogens is 2. The van der Waals surface area contributed by atoms with Crippen LogP contribution in [-0.2, 0) is 11.2 Å². The van der Waals surface area contributed by atoms with E-state index in [1.54, 1.807) is 22.8 Å². The van der Waals surface area contributed by atoms with Crippen LogP contribution in [0.3, 0.4) is 0 Å². The lowest BCUT2D eigenvalue weighted by atomic mass is 9.92. The Morgan fingerprint density at radius 3 is 2.30 bits per heavy atom. The van der Waals surface area contributed by atoms with Gasteiger partial charge in [-0.3, -0.25) is 9.59 Å². The number of amides is 2. The van der Waals surface area contributed by atoms with Crippen molar-refractivity contribution >= 4 is 35.0 Å². The molecule has 1 spiro atoms. The second-order valence-corrected chi connectivity index (χ2v) is 11.7. The molecule has 0 atom stereocenters. The van der Waals surface area contributed by atoms with E-state index in [0.717, 1.165) is 42.9 Å². The van der Waals surface area contributed by atoms with Gasteiger partial charge in [0.05, 0.1) is 24.3 Å². The Morgan fingerprint density at radius 2 is 1.62 bits per heavy atom. The first kappa shape index (κ1) is 26.9. The lowest BCUT2D eigenvalue weighted by Gasteiger charge is -2.35. The van der Waals surface area contributed by atoms with Crippen molar-refractivity contribution in [1.82, 2.24) is 9.97 Å². The Hall–Kier alpha value is -3.34. The molecule has 9 nitrogen and oxygen atoms in total. The first-order valence-corrected chi connectivity index (χ1v) is 14.3. The van der Waals surface area contributed by atoms with Crippen molar-refractivity contribution in [1.29, 1.82) is 0 Å². The molecule has 40 heavy (non-hydrogen) atoms. The highest BCUT2D eigenvalue weighted by atomic mass is 19.3. The third kappa shape index (κ3) is 5.35. The maximum absolute atomic E-state index is 13.8. The lowest BCUT2D eigenvalue weighted by Crippen LogP contribution is -2.40. The van der Waals surface area contributed by atoms with Crippen LogP contribution >= 0.6 is 0 Å². The summed E-state index contributed by atoms with van der Waals surface area (Å²) in [7, 11) is 0. The zero-order valence-electron chi connectivity index (χ0n) is 22.9. The van der Waals surface area contributed by atoms with E-state index in [-0.39, 0.29) is 50.8 Å². The summed E-state index contributed by atoms with van der Waals surface area (Å²) in [6.45, 7) is 4.11. The number of aryl methyl sites for hydroxylation is 1. The Bertz CT molecular complexity index is 1310. The van der Waals surface area contributed by atoms with Gasteiger partial charge in [0.25, 0.3) is 11.8 Å². The summed E-state index contributed by atoms with van der Waals surface area (Å²) in [5.74, 6) is -2.44. The fourth-order valence-electron chi connectivity index (χ4n) is 6.23. The van der Waals surface area contributed by atoms with Crippen LogP contribution in [0.5, 0.6) is 0 Å². The van der Waals surface area contributed by atoms with E-state index < -0.39 is 5.92 Å². The number of alkyl halides is 2. The van der Waals surface area contributed by atoms with Gasteiger partial charge in [0.15, 0.2) is 0 Å². The predicted molar refractivity (Wildman–Crippen MR) is 148 cm³/mol. The fourth-order valence-corrected chi connectivity index (χ4v) is 6.23. The third-order valence-electron chi connectivity index (χ3n) is 8.95. The first-order valence-electron chi connectivity index (χ1n) is 14.3. The Labute approximate surface area is 232 Å². The number of rotatable bonds is 6. The van der Waals surface area contributed by atoms with Gasteiger partial charge in [-0.2, -0.15) is 4.98 Å². The molecule has 2 N–H and O–H groups in total. The maximum Gasteiger partial charge on any atom is 0.258 e. The molecule has 2 saturated heterocycles. The lowest BCUT2D eigenvalue weighted by molar-refractivity contribution is -0.119. The van der Waals surface area contributed by atoms with Crippen LogP contribution in [-0.4, -0.2) is 72.1 Å². The molecule has 0 radical (unpaired) electrons. The Kier molecular flexibility index (Phi) is 6.88. The van der Waals surface area contributed by atoms with Gasteiger partial charge in [0, 0.05) is 63.0 Å². The molecule has 4 aliphatic rings. The highest BCUT2D eigenvalue weighted by Gasteiger charge is 2.45. The Balaban J connectivity index is 1.28. The molecule has 3 aliphatic heterocycles. The molecule has 0 bridgehead atoms. The number of fused-ring (bicyclic) bond motifs is 1. The van der Waals surface area contributed by atoms with Crippen molar-refractivity contribution in [3.8, 4) is 0 Å². The van der Waals surface area contributed by atoms with Crippen molar-refractivity contribution < 1.29 is 23.5 Å². The second kappa shape index (κ2) is 10.2. The van der Waals surface area contributed by atoms with Gasteiger partial charge in [0.2, 0.25) is 11.9 Å². The molecule has 2 aromatic rings. The van der Waals surface area contributed by atoms with Crippen LogP contribution in [0.4, 0.5) is 31.9 Å². The van der Waals surface area contributed by atoms with Crippen LogP contribution in [0, 0.1) is 12.3 Å². The van der Waals surface area contributed by atoms with Gasteiger partial charge in [-0.05, 0) is 62.1 Å². The number of carbonyl (C=O) groups is 2. The van der Waals surface area contributed by atoms with Crippen LogP contribution < -0.4 is 20.0 Å². The number of hydrogen-bond acceptors (Lipinski definition) is 7. The number of hydrogen-bond donors (Lipinski definition) is 2. The number of aromatic nitrogens is 2.